The van der Waals surface area contributed by atoms with Gasteiger partial charge in [-0.3, -0.25) is 10.1 Å². The standard InChI is InChI=1S/C29H30ClN9O5/c1-43-28(41)22-6-4-3-5-21(35-26(40)12-7-17-13-18(30)8-11-25(17)39-16-32-37-38-39)27-31-15-24(36-27)20-10-9-19(14-23(20)34-22)33-29(42)44-2/h7-16,21-22,34H,3-6H2,1-2H3,(H,31,36)(H,33,42)(H,35,40)/b12-7+/t21-,22+/m0/s1. The van der Waals surface area contributed by atoms with Crippen molar-refractivity contribution in [2.45, 2.75) is 37.8 Å². The number of aromatic amines is 1. The van der Waals surface area contributed by atoms with Gasteiger partial charge in [-0.15, -0.1) is 5.10 Å². The van der Waals surface area contributed by atoms with Gasteiger partial charge in [-0.05, 0) is 65.7 Å². The summed E-state index contributed by atoms with van der Waals surface area (Å²) in [5.41, 5.74) is 3.60. The molecule has 0 fully saturated rings. The smallest absolute Gasteiger partial charge is 0.411 e. The van der Waals surface area contributed by atoms with Crippen molar-refractivity contribution in [3.63, 3.8) is 0 Å². The summed E-state index contributed by atoms with van der Waals surface area (Å²) in [6, 6.07) is 9.28. The number of methoxy groups -OCH3 is 2. The van der Waals surface area contributed by atoms with Crippen LogP contribution < -0.4 is 16.0 Å². The van der Waals surface area contributed by atoms with Gasteiger partial charge in [0, 0.05) is 39.8 Å². The Labute approximate surface area is 257 Å². The summed E-state index contributed by atoms with van der Waals surface area (Å²) in [6.45, 7) is 0. The van der Waals surface area contributed by atoms with E-state index in [2.05, 4.69) is 36.5 Å². The molecule has 1 aliphatic heterocycles. The SMILES string of the molecule is COC(=O)Nc1ccc2c(c1)N[C@@H](C(=O)OC)CCCC[C@H](NC(=O)/C=C/c1cc(Cl)ccc1-n1cnnn1)c1nc-2c[nH]1. The maximum Gasteiger partial charge on any atom is 0.411 e. The van der Waals surface area contributed by atoms with Crippen LogP contribution in [0.15, 0.2) is 55.0 Å². The second-order valence-corrected chi connectivity index (χ2v) is 10.3. The van der Waals surface area contributed by atoms with Gasteiger partial charge in [-0.2, -0.15) is 4.68 Å². The zero-order chi connectivity index (χ0) is 31.1. The number of nitrogens with zero attached hydrogens (tertiary/aromatic N) is 5. The quantitative estimate of drug-likeness (QED) is 0.180. The van der Waals surface area contributed by atoms with Crippen molar-refractivity contribution in [1.29, 1.82) is 0 Å². The number of hydrogen-bond acceptors (Lipinski definition) is 10. The molecule has 0 saturated carbocycles. The van der Waals surface area contributed by atoms with Crippen LogP contribution in [0.3, 0.4) is 0 Å². The Morgan fingerprint density at radius 2 is 1.93 bits per heavy atom. The maximum absolute atomic E-state index is 13.2. The first-order valence-electron chi connectivity index (χ1n) is 13.7. The lowest BCUT2D eigenvalue weighted by Gasteiger charge is -2.22. The second-order valence-electron chi connectivity index (χ2n) is 9.90. The minimum Gasteiger partial charge on any atom is -0.467 e. The van der Waals surface area contributed by atoms with Crippen molar-refractivity contribution in [3.8, 4) is 16.9 Å². The molecule has 2 bridgehead atoms. The van der Waals surface area contributed by atoms with Crippen molar-refractivity contribution in [3.05, 3.63) is 71.4 Å². The van der Waals surface area contributed by atoms with Gasteiger partial charge in [0.2, 0.25) is 5.91 Å². The van der Waals surface area contributed by atoms with Crippen LogP contribution in [-0.2, 0) is 19.1 Å². The average molecular weight is 620 g/mol. The third-order valence-corrected chi connectivity index (χ3v) is 7.26. The molecule has 2 amide bonds. The monoisotopic (exact) mass is 619 g/mol. The molecule has 44 heavy (non-hydrogen) atoms. The Morgan fingerprint density at radius 1 is 1.09 bits per heavy atom. The number of fused-ring (bicyclic) bond motifs is 4. The zero-order valence-electron chi connectivity index (χ0n) is 23.9. The highest BCUT2D eigenvalue weighted by molar-refractivity contribution is 6.30. The number of ether oxygens (including phenoxy) is 2. The summed E-state index contributed by atoms with van der Waals surface area (Å²) in [5, 5.41) is 20.7. The minimum absolute atomic E-state index is 0.337. The number of benzene rings is 2. The summed E-state index contributed by atoms with van der Waals surface area (Å²) >= 11 is 6.21. The second kappa shape index (κ2) is 13.8. The molecule has 2 aromatic heterocycles. The topological polar surface area (TPSA) is 178 Å². The number of carbonyl (C=O) groups excluding carboxylic acids is 3. The molecular weight excluding hydrogens is 590 g/mol. The van der Waals surface area contributed by atoms with E-state index in [0.29, 0.717) is 70.4 Å². The Hall–Kier alpha value is -5.24. The summed E-state index contributed by atoms with van der Waals surface area (Å²) < 4.78 is 11.2. The molecule has 3 heterocycles. The number of rotatable bonds is 6. The highest BCUT2D eigenvalue weighted by Gasteiger charge is 2.24. The lowest BCUT2D eigenvalue weighted by Crippen LogP contribution is -2.31. The first-order chi connectivity index (χ1) is 21.3. The fourth-order valence-electron chi connectivity index (χ4n) is 4.86. The predicted octanol–water partition coefficient (Wildman–Crippen LogP) is 4.28. The van der Waals surface area contributed by atoms with Gasteiger partial charge in [0.05, 0.1) is 31.6 Å². The van der Waals surface area contributed by atoms with E-state index in [1.165, 1.54) is 31.3 Å². The van der Waals surface area contributed by atoms with Crippen molar-refractivity contribution in [2.24, 2.45) is 0 Å². The van der Waals surface area contributed by atoms with E-state index in [9.17, 15) is 14.4 Å². The number of imidazole rings is 1. The van der Waals surface area contributed by atoms with E-state index in [1.807, 2.05) is 0 Å². The molecule has 4 aromatic rings. The van der Waals surface area contributed by atoms with Crippen LogP contribution in [0.25, 0.3) is 23.0 Å². The number of halogens is 1. The number of nitrogens with one attached hydrogen (secondary N) is 4. The number of hydrogen-bond donors (Lipinski definition) is 4. The Kier molecular flexibility index (Phi) is 9.49. The van der Waals surface area contributed by atoms with E-state index in [0.717, 1.165) is 0 Å². The maximum atomic E-state index is 13.2. The van der Waals surface area contributed by atoms with Crippen molar-refractivity contribution in [1.82, 2.24) is 35.5 Å². The van der Waals surface area contributed by atoms with Gasteiger partial charge in [-0.1, -0.05) is 24.4 Å². The lowest BCUT2D eigenvalue weighted by molar-refractivity contribution is -0.141. The van der Waals surface area contributed by atoms with Crippen molar-refractivity contribution in [2.75, 3.05) is 24.9 Å². The molecule has 14 nitrogen and oxygen atoms in total. The number of H-pyrrole nitrogens is 1. The summed E-state index contributed by atoms with van der Waals surface area (Å²) in [5.74, 6) is -0.179. The fourth-order valence-corrected chi connectivity index (χ4v) is 5.04. The van der Waals surface area contributed by atoms with Gasteiger partial charge in [0.1, 0.15) is 18.2 Å². The Balaban J connectivity index is 1.41. The van der Waals surface area contributed by atoms with Crippen LogP contribution in [0.2, 0.25) is 5.02 Å². The lowest BCUT2D eigenvalue weighted by atomic mass is 10.0. The van der Waals surface area contributed by atoms with Gasteiger partial charge < -0.3 is 25.1 Å². The van der Waals surface area contributed by atoms with Crippen LogP contribution in [0.1, 0.15) is 43.1 Å². The molecule has 0 aliphatic carbocycles. The van der Waals surface area contributed by atoms with E-state index in [1.54, 1.807) is 48.7 Å². The molecule has 0 unspecified atom stereocenters. The van der Waals surface area contributed by atoms with Gasteiger partial charge in [-0.25, -0.2) is 14.6 Å². The average Bonchev–Trinajstić information content (AvgIpc) is 3.73. The van der Waals surface area contributed by atoms with E-state index >= 15 is 0 Å². The number of amides is 2. The molecule has 5 rings (SSSR count). The first kappa shape index (κ1) is 30.2. The fraction of sp³-hybridized carbons (Fsp3) is 0.276. The molecule has 0 radical (unpaired) electrons. The third-order valence-electron chi connectivity index (χ3n) is 7.02. The third kappa shape index (κ3) is 7.21. The minimum atomic E-state index is -0.645. The molecule has 228 valence electrons. The number of carbonyl (C=O) groups is 3. The number of aromatic nitrogens is 6. The molecule has 2 atom stereocenters. The largest absolute Gasteiger partial charge is 0.467 e. The van der Waals surface area contributed by atoms with Crippen molar-refractivity contribution < 1.29 is 23.9 Å². The summed E-state index contributed by atoms with van der Waals surface area (Å²) in [4.78, 5) is 45.6. The number of anilines is 2. The highest BCUT2D eigenvalue weighted by Crippen LogP contribution is 2.33. The molecule has 4 N–H and O–H groups in total. The predicted molar refractivity (Wildman–Crippen MR) is 162 cm³/mol. The first-order valence-corrected chi connectivity index (χ1v) is 14.1. The van der Waals surface area contributed by atoms with Crippen LogP contribution in [0.5, 0.6) is 0 Å². The number of tetrazole rings is 1. The zero-order valence-corrected chi connectivity index (χ0v) is 24.7. The molecule has 2 aromatic carbocycles. The normalized spacial score (nSPS) is 16.5. The van der Waals surface area contributed by atoms with Crippen molar-refractivity contribution >= 4 is 47.0 Å². The Morgan fingerprint density at radius 3 is 2.70 bits per heavy atom. The van der Waals surface area contributed by atoms with Gasteiger partial charge >= 0.3 is 12.1 Å². The molecule has 15 heteroatoms. The van der Waals surface area contributed by atoms with Gasteiger partial charge in [0.25, 0.3) is 0 Å². The van der Waals surface area contributed by atoms with Crippen LogP contribution >= 0.6 is 11.6 Å². The van der Waals surface area contributed by atoms with Crippen LogP contribution in [0.4, 0.5) is 16.2 Å². The molecule has 1 aliphatic rings. The molecule has 0 saturated heterocycles. The molecular formula is C29H30ClN9O5. The van der Waals surface area contributed by atoms with E-state index in [4.69, 9.17) is 26.1 Å². The van der Waals surface area contributed by atoms with Crippen LogP contribution in [-0.4, -0.2) is 68.4 Å². The van der Waals surface area contributed by atoms with E-state index in [-0.39, 0.29) is 5.91 Å². The number of esters is 1. The summed E-state index contributed by atoms with van der Waals surface area (Å²) in [7, 11) is 2.61. The van der Waals surface area contributed by atoms with E-state index < -0.39 is 24.1 Å². The van der Waals surface area contributed by atoms with Gasteiger partial charge in [0.15, 0.2) is 0 Å². The van der Waals surface area contributed by atoms with Crippen LogP contribution in [0, 0.1) is 0 Å². The molecule has 0 spiro atoms. The highest BCUT2D eigenvalue weighted by atomic mass is 35.5. The summed E-state index contributed by atoms with van der Waals surface area (Å²) in [6.07, 6.45) is 8.02. The Bertz CT molecular complexity index is 1670.